The van der Waals surface area contributed by atoms with E-state index in [-0.39, 0.29) is 30.4 Å². The molecule has 2 aromatic rings. The van der Waals surface area contributed by atoms with E-state index in [1.165, 1.54) is 36.7 Å². The van der Waals surface area contributed by atoms with Crippen molar-refractivity contribution in [3.8, 4) is 0 Å². The molecule has 16 heteroatoms. The summed E-state index contributed by atoms with van der Waals surface area (Å²) in [7, 11) is 3.28. The third kappa shape index (κ3) is 8.83. The highest BCUT2D eigenvalue weighted by Crippen LogP contribution is 2.21. The van der Waals surface area contributed by atoms with E-state index < -0.39 is 29.9 Å². The summed E-state index contributed by atoms with van der Waals surface area (Å²) in [4.78, 5) is 58.2. The zero-order valence-electron chi connectivity index (χ0n) is 20.3. The van der Waals surface area contributed by atoms with Crippen molar-refractivity contribution in [1.29, 1.82) is 5.41 Å². The van der Waals surface area contributed by atoms with Crippen molar-refractivity contribution < 1.29 is 42.3 Å². The van der Waals surface area contributed by atoms with Crippen molar-refractivity contribution >= 4 is 46.8 Å². The first-order valence-corrected chi connectivity index (χ1v) is 10.3. The highest BCUT2D eigenvalue weighted by atomic mass is 19.4. The van der Waals surface area contributed by atoms with E-state index >= 15 is 0 Å². The van der Waals surface area contributed by atoms with Crippen molar-refractivity contribution in [1.82, 2.24) is 14.5 Å². The summed E-state index contributed by atoms with van der Waals surface area (Å²) in [5.74, 6) is -4.52. The van der Waals surface area contributed by atoms with E-state index in [0.29, 0.717) is 17.1 Å². The monoisotopic (exact) mass is 529 g/mol. The van der Waals surface area contributed by atoms with Gasteiger partial charge in [-0.3, -0.25) is 24.6 Å². The molecular formula is C21H26F3N7O6. The molecule has 0 radical (unpaired) electrons. The Morgan fingerprint density at radius 1 is 1.00 bits per heavy atom. The number of hydrogen-bond donors (Lipinski definition) is 5. The Bertz CT molecular complexity index is 1200. The topological polar surface area (TPSA) is 193 Å². The number of carbonyl (C=O) groups is 5. The maximum atomic E-state index is 12.7. The number of amides is 4. The summed E-state index contributed by atoms with van der Waals surface area (Å²) in [5.41, 5.74) is 6.51. The zero-order chi connectivity index (χ0) is 28.7. The van der Waals surface area contributed by atoms with Crippen LogP contribution in [0.1, 0.15) is 41.2 Å². The number of alkyl halides is 3. The van der Waals surface area contributed by atoms with Gasteiger partial charge in [0.25, 0.3) is 11.8 Å². The quantitative estimate of drug-likeness (QED) is 0.263. The summed E-state index contributed by atoms with van der Waals surface area (Å²) in [5, 5.41) is 19.6. The summed E-state index contributed by atoms with van der Waals surface area (Å²) in [6.07, 6.45) is -1.75. The van der Waals surface area contributed by atoms with Gasteiger partial charge in [0.05, 0.1) is 17.2 Å². The predicted octanol–water partition coefficient (Wildman–Crippen LogP) is 1.20. The van der Waals surface area contributed by atoms with Crippen molar-refractivity contribution in [2.45, 2.75) is 26.4 Å². The maximum absolute atomic E-state index is 12.7. The Morgan fingerprint density at radius 3 is 1.95 bits per heavy atom. The number of nitrogens with one attached hydrogen (secondary N) is 3. The molecule has 37 heavy (non-hydrogen) atoms. The van der Waals surface area contributed by atoms with Crippen LogP contribution >= 0.6 is 0 Å². The number of carboxylic acid groups (broad SMARTS) is 1. The number of imide groups is 1. The van der Waals surface area contributed by atoms with Gasteiger partial charge in [-0.15, -0.1) is 0 Å². The lowest BCUT2D eigenvalue weighted by atomic mass is 10.3. The number of aromatic nitrogens is 2. The number of nitrogens with two attached hydrogens (primary N) is 1. The molecule has 0 saturated carbocycles. The molecule has 0 bridgehead atoms. The van der Waals surface area contributed by atoms with Gasteiger partial charge in [-0.1, -0.05) is 0 Å². The Morgan fingerprint density at radius 2 is 1.49 bits per heavy atom. The molecule has 0 aliphatic heterocycles. The van der Waals surface area contributed by atoms with Gasteiger partial charge >= 0.3 is 12.1 Å². The average molecular weight is 529 g/mol. The van der Waals surface area contributed by atoms with E-state index in [1.54, 1.807) is 24.9 Å². The van der Waals surface area contributed by atoms with Gasteiger partial charge in [-0.05, 0) is 12.1 Å². The molecule has 6 N–H and O–H groups in total. The predicted molar refractivity (Wildman–Crippen MR) is 125 cm³/mol. The number of carboxylic acids is 1. The van der Waals surface area contributed by atoms with Crippen LogP contribution in [-0.2, 0) is 28.5 Å². The molecule has 0 aromatic carbocycles. The molecule has 4 amide bonds. The fourth-order valence-electron chi connectivity index (χ4n) is 2.94. The van der Waals surface area contributed by atoms with Gasteiger partial charge < -0.3 is 30.6 Å². The molecule has 2 rings (SSSR count). The fraction of sp³-hybridized carbons (Fsp3) is 0.333. The summed E-state index contributed by atoms with van der Waals surface area (Å²) in [6, 6.07) is 2.96. The molecular weight excluding hydrogens is 503 g/mol. The number of halogens is 3. The first-order chi connectivity index (χ1) is 16.9. The van der Waals surface area contributed by atoms with Crippen LogP contribution in [-0.4, -0.2) is 62.4 Å². The van der Waals surface area contributed by atoms with E-state index in [2.05, 4.69) is 10.6 Å². The Labute approximate surface area is 208 Å². The highest BCUT2D eigenvalue weighted by molar-refractivity contribution is 6.14. The van der Waals surface area contributed by atoms with Gasteiger partial charge in [-0.2, -0.15) is 13.2 Å². The number of aliphatic carboxylic acids is 1. The molecule has 0 aliphatic carbocycles. The minimum atomic E-state index is -5.08. The average Bonchev–Trinajstić information content (AvgIpc) is 3.29. The van der Waals surface area contributed by atoms with Crippen LogP contribution in [0.2, 0.25) is 0 Å². The number of anilines is 2. The number of nitrogens with zero attached hydrogens (tertiary/aromatic N) is 3. The molecule has 2 heterocycles. The number of aryl methyl sites for hydroxylation is 2. The van der Waals surface area contributed by atoms with Crippen molar-refractivity contribution in [3.63, 3.8) is 0 Å². The number of hydrogen-bond acceptors (Lipinski definition) is 6. The molecule has 0 fully saturated rings. The second-order valence-electron chi connectivity index (χ2n) is 7.58. The standard InChI is InChI=1S/C19H25N7O4.C2HF3O2/c1-11(27)26(12(2)28)14-8-16(25(4)10-14)19(30)23-13-7-15(24(3)9-13)18(29)22-6-5-17(20)21;3-2(4,5)1(6)7/h7-10H,5-6H2,1-4H3,(H3,20,21)(H,22,29)(H,23,30);(H,6,7). The first kappa shape index (κ1) is 30.4. The van der Waals surface area contributed by atoms with Crippen LogP contribution in [0, 0.1) is 5.41 Å². The number of carbonyl (C=O) groups excluding carboxylic acids is 4. The maximum Gasteiger partial charge on any atom is 0.490 e. The van der Waals surface area contributed by atoms with Crippen LogP contribution in [0.25, 0.3) is 0 Å². The van der Waals surface area contributed by atoms with E-state index in [1.807, 2.05) is 0 Å². The third-order valence-electron chi connectivity index (χ3n) is 4.53. The Hall–Kier alpha value is -4.63. The van der Waals surface area contributed by atoms with E-state index in [9.17, 15) is 32.3 Å². The van der Waals surface area contributed by atoms with E-state index in [0.717, 1.165) is 4.90 Å². The van der Waals surface area contributed by atoms with Gasteiger partial charge in [0, 0.05) is 53.3 Å². The van der Waals surface area contributed by atoms with Gasteiger partial charge in [0.2, 0.25) is 11.8 Å². The SMILES string of the molecule is CC(=O)N(C(C)=O)c1cc(C(=O)Nc2cc(C(=O)NCCC(=N)N)n(C)c2)n(C)c1.O=C(O)C(F)(F)F. The fourth-order valence-corrected chi connectivity index (χ4v) is 2.94. The molecule has 0 spiro atoms. The van der Waals surface area contributed by atoms with Crippen molar-refractivity contribution in [2.24, 2.45) is 19.8 Å². The molecule has 13 nitrogen and oxygen atoms in total. The molecule has 0 atom stereocenters. The smallest absolute Gasteiger partial charge is 0.475 e. The largest absolute Gasteiger partial charge is 0.490 e. The summed E-state index contributed by atoms with van der Waals surface area (Å²) < 4.78 is 34.8. The van der Waals surface area contributed by atoms with Crippen LogP contribution < -0.4 is 21.3 Å². The molecule has 0 unspecified atom stereocenters. The van der Waals surface area contributed by atoms with E-state index in [4.69, 9.17) is 21.0 Å². The van der Waals surface area contributed by atoms with Gasteiger partial charge in [0.1, 0.15) is 11.4 Å². The van der Waals surface area contributed by atoms with Crippen LogP contribution in [0.3, 0.4) is 0 Å². The third-order valence-corrected chi connectivity index (χ3v) is 4.53. The Balaban J connectivity index is 0.000000856. The van der Waals surface area contributed by atoms with Crippen LogP contribution in [0.4, 0.5) is 24.5 Å². The summed E-state index contributed by atoms with van der Waals surface area (Å²) >= 11 is 0. The lowest BCUT2D eigenvalue weighted by Gasteiger charge is -2.14. The lowest BCUT2D eigenvalue weighted by Crippen LogP contribution is -2.32. The second-order valence-corrected chi connectivity index (χ2v) is 7.58. The van der Waals surface area contributed by atoms with Crippen molar-refractivity contribution in [2.75, 3.05) is 16.8 Å². The number of amidine groups is 1. The zero-order valence-corrected chi connectivity index (χ0v) is 20.3. The van der Waals surface area contributed by atoms with Crippen LogP contribution in [0.15, 0.2) is 24.5 Å². The lowest BCUT2D eigenvalue weighted by molar-refractivity contribution is -0.192. The summed E-state index contributed by atoms with van der Waals surface area (Å²) in [6.45, 7) is 2.76. The second kappa shape index (κ2) is 12.4. The van der Waals surface area contributed by atoms with Crippen molar-refractivity contribution in [3.05, 3.63) is 35.9 Å². The number of rotatable bonds is 7. The highest BCUT2D eigenvalue weighted by Gasteiger charge is 2.38. The van der Waals surface area contributed by atoms with Gasteiger partial charge in [-0.25, -0.2) is 9.69 Å². The molecule has 0 saturated heterocycles. The first-order valence-electron chi connectivity index (χ1n) is 10.3. The normalized spacial score (nSPS) is 10.6. The molecule has 202 valence electrons. The minimum Gasteiger partial charge on any atom is -0.475 e. The Kier molecular flexibility index (Phi) is 10.2. The molecule has 2 aromatic heterocycles. The molecule has 0 aliphatic rings. The van der Waals surface area contributed by atoms with Crippen LogP contribution in [0.5, 0.6) is 0 Å². The minimum absolute atomic E-state index is 0.0230. The van der Waals surface area contributed by atoms with Gasteiger partial charge in [0.15, 0.2) is 0 Å².